The summed E-state index contributed by atoms with van der Waals surface area (Å²) < 4.78 is 32.6. The monoisotopic (exact) mass is 1320 g/mol. The number of rotatable bonds is 24. The maximum Gasteiger partial charge on any atom is 0.315 e. The van der Waals surface area contributed by atoms with Crippen LogP contribution in [0.25, 0.3) is 21.8 Å². The molecule has 9 atom stereocenters. The second-order valence-electron chi connectivity index (χ2n) is 24.1. The van der Waals surface area contributed by atoms with Crippen LogP contribution in [0.4, 0.5) is 9.18 Å². The Bertz CT molecular complexity index is 3620. The van der Waals surface area contributed by atoms with Gasteiger partial charge in [0.15, 0.2) is 0 Å². The molecule has 0 aliphatic carbocycles. The number of nitrogens with two attached hydrogens (primary N) is 1. The highest BCUT2D eigenvalue weighted by atomic mass is 32.2. The molecule has 3 aromatic carbocycles. The lowest BCUT2D eigenvalue weighted by molar-refractivity contribution is -0.142. The molecule has 10 rings (SSSR count). The number of carbonyl (C=O) groups excluding carboxylic acids is 9. The standard InChI is InChI=1S/C65H82FN15O12S/c66-42-20-18-39(19-21-42)30-49-60(85)72-48(59(67)84)14-7-8-23-80-36-43(78-79-80)33-52(71-57(83)37-93-29-28-92-27-26-91-25-22-68-56(82)17-6-5-16-55-58-53(38-94-55)76-65(90)77-58)64(89)81-24-9-15-54(81)63(88)75-51(32-41-35-70-47-13-4-2-11-45(41)47)62(87)74-50(61(86)73-49)31-40-34-69-46-12-3-1-10-44(40)46/h1-4,10-13,18-21,34-36,48-55,58,69-70H,5-9,14-17,22-33,37-38H2,(H2,67,84)(H,68,82)(H,71,83)(H,72,85)(H,73,86)(H,74,87)(H,75,88)(H2,76,77,90)/t48-,49-,50+,51+,52-,53+,54+,55+,58+/m0/s1. The number of para-hydroxylation sites is 2. The number of aromatic amines is 2. The van der Waals surface area contributed by atoms with Crippen molar-refractivity contribution in [1.29, 1.82) is 0 Å². The highest BCUT2D eigenvalue weighted by molar-refractivity contribution is 8.00. The zero-order chi connectivity index (χ0) is 65.9. The molecule has 6 aromatic rings. The van der Waals surface area contributed by atoms with Crippen LogP contribution in [-0.2, 0) is 84.8 Å². The maximum atomic E-state index is 15.2. The number of unbranched alkanes of at least 4 members (excludes halogenated alkanes) is 1. The van der Waals surface area contributed by atoms with E-state index in [-0.39, 0.29) is 95.5 Å². The molecule has 4 aliphatic rings. The Hall–Kier alpha value is -8.93. The molecule has 10 amide bonds. The number of benzene rings is 3. The summed E-state index contributed by atoms with van der Waals surface area (Å²) in [5.41, 5.74) is 9.52. The lowest BCUT2D eigenvalue weighted by Crippen LogP contribution is -2.60. The van der Waals surface area contributed by atoms with Crippen LogP contribution >= 0.6 is 11.8 Å². The van der Waals surface area contributed by atoms with Gasteiger partial charge in [-0.2, -0.15) is 11.8 Å². The van der Waals surface area contributed by atoms with Crippen molar-refractivity contribution in [3.05, 3.63) is 120 Å². The molecule has 4 aliphatic heterocycles. The SMILES string of the molecule is NC(=O)[C@@H]1CCCCn2cc(nn2)C[C@H](NC(=O)COCCOCCOCCNC(=O)CCCC[C@H]2SC[C@H]3NC(=O)N[C@H]32)C(=O)N2CCC[C@@H]2C(=O)N[C@H](Cc2c[nH]c3ccccc23)C(=O)N[C@H](Cc2c[nH]c3ccccc23)C(=O)N[C@@H](Cc2ccc(F)cc2)C(=O)N1. The molecule has 0 radical (unpaired) electrons. The molecule has 27 nitrogen and oxygen atoms in total. The van der Waals surface area contributed by atoms with Crippen molar-refractivity contribution >= 4 is 86.9 Å². The Morgan fingerprint density at radius 3 is 2.00 bits per heavy atom. The fourth-order valence-electron chi connectivity index (χ4n) is 12.4. The van der Waals surface area contributed by atoms with Gasteiger partial charge in [-0.15, -0.1) is 5.10 Å². The van der Waals surface area contributed by atoms with Crippen LogP contribution in [0, 0.1) is 5.82 Å². The molecule has 3 saturated heterocycles. The molecule has 0 spiro atoms. The lowest BCUT2D eigenvalue weighted by Gasteiger charge is -2.30. The number of ether oxygens (including phenoxy) is 3. The third-order valence-corrected chi connectivity index (χ3v) is 18.8. The normalized spacial score (nSPS) is 23.3. The van der Waals surface area contributed by atoms with E-state index in [4.69, 9.17) is 19.9 Å². The van der Waals surface area contributed by atoms with E-state index in [1.54, 1.807) is 23.3 Å². The van der Waals surface area contributed by atoms with Gasteiger partial charge < -0.3 is 77.3 Å². The Morgan fingerprint density at radius 1 is 0.670 bits per heavy atom. The quantitative estimate of drug-likeness (QED) is 0.0303. The minimum atomic E-state index is -1.39. The summed E-state index contributed by atoms with van der Waals surface area (Å²) in [6, 6.07) is 12.7. The fraction of sp³-hybridized carbons (Fsp3) is 0.492. The van der Waals surface area contributed by atoms with Gasteiger partial charge in [0.25, 0.3) is 0 Å². The number of halogens is 1. The fourth-order valence-corrected chi connectivity index (χ4v) is 14.0. The van der Waals surface area contributed by atoms with Gasteiger partial charge in [0.2, 0.25) is 47.3 Å². The summed E-state index contributed by atoms with van der Waals surface area (Å²) >= 11 is 1.86. The summed E-state index contributed by atoms with van der Waals surface area (Å²) in [7, 11) is 0. The second-order valence-corrected chi connectivity index (χ2v) is 25.4. The van der Waals surface area contributed by atoms with Crippen molar-refractivity contribution < 1.29 is 61.8 Å². The topological polar surface area (TPSA) is 369 Å². The number of hydrogen-bond donors (Lipinski definition) is 11. The molecule has 502 valence electrons. The molecule has 7 heterocycles. The highest BCUT2D eigenvalue weighted by Gasteiger charge is 2.43. The van der Waals surface area contributed by atoms with Crippen molar-refractivity contribution in [2.75, 3.05) is 58.5 Å². The van der Waals surface area contributed by atoms with Crippen LogP contribution in [0.15, 0.2) is 91.4 Å². The summed E-state index contributed by atoms with van der Waals surface area (Å²) in [4.78, 5) is 133. The van der Waals surface area contributed by atoms with Gasteiger partial charge in [0, 0.05) is 103 Å². The minimum absolute atomic E-state index is 0.0311. The van der Waals surface area contributed by atoms with Crippen LogP contribution < -0.4 is 48.3 Å². The van der Waals surface area contributed by atoms with Gasteiger partial charge in [0.05, 0.1) is 50.8 Å². The Labute approximate surface area is 546 Å². The van der Waals surface area contributed by atoms with Crippen LogP contribution in [0.1, 0.15) is 80.2 Å². The van der Waals surface area contributed by atoms with Crippen molar-refractivity contribution in [3.8, 4) is 0 Å². The first-order valence-electron chi connectivity index (χ1n) is 32.1. The van der Waals surface area contributed by atoms with E-state index in [0.717, 1.165) is 46.8 Å². The van der Waals surface area contributed by atoms with Crippen molar-refractivity contribution in [2.45, 2.75) is 144 Å². The van der Waals surface area contributed by atoms with Crippen molar-refractivity contribution in [3.63, 3.8) is 0 Å². The first-order chi connectivity index (χ1) is 45.6. The van der Waals surface area contributed by atoms with E-state index in [1.807, 2.05) is 60.3 Å². The molecular weight excluding hydrogens is 1230 g/mol. The van der Waals surface area contributed by atoms with Gasteiger partial charge in [-0.1, -0.05) is 60.2 Å². The van der Waals surface area contributed by atoms with E-state index < -0.39 is 90.0 Å². The molecule has 94 heavy (non-hydrogen) atoms. The number of primary amides is 1. The van der Waals surface area contributed by atoms with E-state index in [1.165, 1.54) is 29.2 Å². The number of urea groups is 1. The van der Waals surface area contributed by atoms with Crippen LogP contribution in [-0.4, -0.2) is 195 Å². The minimum Gasteiger partial charge on any atom is -0.377 e. The largest absolute Gasteiger partial charge is 0.377 e. The third kappa shape index (κ3) is 18.7. The number of amides is 10. The summed E-state index contributed by atoms with van der Waals surface area (Å²) in [5.74, 6) is -4.70. The predicted octanol–water partition coefficient (Wildman–Crippen LogP) is 1.63. The number of nitrogens with zero attached hydrogens (tertiary/aromatic N) is 4. The van der Waals surface area contributed by atoms with Gasteiger partial charge in [-0.05, 0) is 85.9 Å². The number of nitrogens with one attached hydrogen (secondary N) is 10. The number of thioether (sulfide) groups is 1. The maximum absolute atomic E-state index is 15.2. The zero-order valence-electron chi connectivity index (χ0n) is 52.2. The first-order valence-corrected chi connectivity index (χ1v) is 33.2. The van der Waals surface area contributed by atoms with Gasteiger partial charge in [-0.3, -0.25) is 43.0 Å². The highest BCUT2D eigenvalue weighted by Crippen LogP contribution is 2.33. The summed E-state index contributed by atoms with van der Waals surface area (Å²) in [5, 5.41) is 33.4. The van der Waals surface area contributed by atoms with Gasteiger partial charge >= 0.3 is 6.03 Å². The molecule has 0 unspecified atom stereocenters. The van der Waals surface area contributed by atoms with Crippen molar-refractivity contribution in [1.82, 2.24) is 72.4 Å². The van der Waals surface area contributed by atoms with Crippen LogP contribution in [0.3, 0.4) is 0 Å². The molecule has 2 bridgehead atoms. The molecule has 12 N–H and O–H groups in total. The average Bonchev–Trinajstić information content (AvgIpc) is 1.67. The number of fused-ring (bicyclic) bond motifs is 6. The first kappa shape index (κ1) is 67.9. The van der Waals surface area contributed by atoms with Crippen LogP contribution in [0.5, 0.6) is 0 Å². The predicted molar refractivity (Wildman–Crippen MR) is 345 cm³/mol. The van der Waals surface area contributed by atoms with Gasteiger partial charge in [-0.25, -0.2) is 9.18 Å². The number of aryl methyl sites for hydroxylation is 1. The molecule has 3 aromatic heterocycles. The number of aromatic nitrogens is 5. The van der Waals surface area contributed by atoms with E-state index in [2.05, 4.69) is 62.8 Å². The Balaban J connectivity index is 0.798. The molecular formula is C65H82FN15O12S. The molecule has 29 heteroatoms. The Kier molecular flexibility index (Phi) is 24.0. The number of hydrogen-bond acceptors (Lipinski definition) is 15. The third-order valence-electron chi connectivity index (χ3n) is 17.3. The zero-order valence-corrected chi connectivity index (χ0v) is 53.0. The smallest absolute Gasteiger partial charge is 0.315 e. The summed E-state index contributed by atoms with van der Waals surface area (Å²) in [6.07, 6.45) is 9.10. The molecule has 0 saturated carbocycles. The van der Waals surface area contributed by atoms with Gasteiger partial charge in [0.1, 0.15) is 48.7 Å². The Morgan fingerprint density at radius 2 is 1.31 bits per heavy atom. The molecule has 3 fully saturated rings. The lowest BCUT2D eigenvalue weighted by atomic mass is 10.00. The number of carbonyl (C=O) groups is 9. The van der Waals surface area contributed by atoms with E-state index >= 15 is 9.59 Å². The van der Waals surface area contributed by atoms with Crippen LogP contribution in [0.2, 0.25) is 0 Å². The van der Waals surface area contributed by atoms with Crippen molar-refractivity contribution in [2.24, 2.45) is 5.73 Å². The number of H-pyrrole nitrogens is 2. The summed E-state index contributed by atoms with van der Waals surface area (Å²) in [6.45, 7) is 1.28. The second kappa shape index (κ2) is 33.3. The van der Waals surface area contributed by atoms with E-state index in [9.17, 15) is 38.0 Å². The van der Waals surface area contributed by atoms with E-state index in [0.29, 0.717) is 73.0 Å². The average molecular weight is 1320 g/mol.